The average Bonchev–Trinajstić information content (AvgIpc) is 2.89. The topological polar surface area (TPSA) is 51.7 Å². The second kappa shape index (κ2) is 11.8. The molecule has 1 aliphatic rings. The van der Waals surface area contributed by atoms with Crippen LogP contribution in [0.15, 0.2) is 66.9 Å². The Morgan fingerprint density at radius 2 is 2.00 bits per heavy atom. The van der Waals surface area contributed by atoms with Crippen molar-refractivity contribution < 1.29 is 14.3 Å². The largest absolute Gasteiger partial charge is 0.497 e. The first-order valence-electron chi connectivity index (χ1n) is 12.1. The summed E-state index contributed by atoms with van der Waals surface area (Å²) in [5.41, 5.74) is 3.42. The number of aromatic nitrogens is 1. The molecule has 1 fully saturated rings. The van der Waals surface area contributed by atoms with E-state index in [1.165, 1.54) is 12.7 Å². The minimum atomic E-state index is -0.0924. The Morgan fingerprint density at radius 1 is 1.15 bits per heavy atom. The molecule has 4 rings (SSSR count). The van der Waals surface area contributed by atoms with E-state index in [0.717, 1.165) is 67.5 Å². The van der Waals surface area contributed by atoms with Gasteiger partial charge in [-0.1, -0.05) is 42.5 Å². The Kier molecular flexibility index (Phi) is 8.31. The molecule has 2 heterocycles. The van der Waals surface area contributed by atoms with Gasteiger partial charge in [-0.25, -0.2) is 0 Å². The lowest BCUT2D eigenvalue weighted by Crippen LogP contribution is -2.44. The molecule has 0 unspecified atom stereocenters. The zero-order valence-corrected chi connectivity index (χ0v) is 20.2. The molecule has 1 saturated heterocycles. The van der Waals surface area contributed by atoms with Crippen LogP contribution in [0.4, 0.5) is 0 Å². The van der Waals surface area contributed by atoms with Gasteiger partial charge in [-0.15, -0.1) is 0 Å². The van der Waals surface area contributed by atoms with E-state index >= 15 is 0 Å². The van der Waals surface area contributed by atoms with E-state index in [1.54, 1.807) is 7.11 Å². The molecule has 1 aromatic heterocycles. The smallest absolute Gasteiger partial charge is 0.310 e. The van der Waals surface area contributed by atoms with Gasteiger partial charge in [0, 0.05) is 18.1 Å². The van der Waals surface area contributed by atoms with Gasteiger partial charge in [0.1, 0.15) is 5.75 Å². The molecule has 0 aliphatic carbocycles. The highest BCUT2D eigenvalue weighted by atomic mass is 16.5. The predicted octanol–water partition coefficient (Wildman–Crippen LogP) is 5.39. The van der Waals surface area contributed by atoms with Gasteiger partial charge in [0.15, 0.2) is 0 Å². The van der Waals surface area contributed by atoms with Crippen molar-refractivity contribution in [2.45, 2.75) is 25.7 Å². The summed E-state index contributed by atoms with van der Waals surface area (Å²) in [5, 5.41) is 1.07. The van der Waals surface area contributed by atoms with E-state index in [1.807, 2.05) is 30.5 Å². The molecule has 0 N–H and O–H groups in total. The minimum Gasteiger partial charge on any atom is -0.497 e. The number of benzene rings is 2. The summed E-state index contributed by atoms with van der Waals surface area (Å²) < 4.78 is 10.6. The molecule has 0 spiro atoms. The van der Waals surface area contributed by atoms with Crippen LogP contribution in [0.1, 0.15) is 30.4 Å². The molecule has 178 valence electrons. The summed E-state index contributed by atoms with van der Waals surface area (Å²) in [6, 6.07) is 18.5. The fourth-order valence-electron chi connectivity index (χ4n) is 4.91. The summed E-state index contributed by atoms with van der Waals surface area (Å²) in [6.45, 7) is 2.81. The van der Waals surface area contributed by atoms with Gasteiger partial charge < -0.3 is 14.4 Å². The van der Waals surface area contributed by atoms with Crippen molar-refractivity contribution in [2.75, 3.05) is 33.9 Å². The van der Waals surface area contributed by atoms with E-state index in [4.69, 9.17) is 9.47 Å². The first-order valence-corrected chi connectivity index (χ1v) is 12.1. The molecule has 34 heavy (non-hydrogen) atoms. The molecule has 0 radical (unpaired) electrons. The van der Waals surface area contributed by atoms with Crippen LogP contribution in [0.25, 0.3) is 17.0 Å². The number of likely N-dealkylation sites (tertiary alicyclic amines) is 1. The Labute approximate surface area is 202 Å². The number of piperidine rings is 1. The maximum Gasteiger partial charge on any atom is 0.310 e. The van der Waals surface area contributed by atoms with Gasteiger partial charge >= 0.3 is 5.97 Å². The molecular weight excluding hydrogens is 424 g/mol. The van der Waals surface area contributed by atoms with E-state index in [-0.39, 0.29) is 17.8 Å². The van der Waals surface area contributed by atoms with E-state index in [2.05, 4.69) is 52.4 Å². The Hall–Kier alpha value is -3.18. The normalized spacial score (nSPS) is 18.9. The number of allylic oxidation sites excluding steroid dienone is 1. The number of pyridine rings is 1. The highest BCUT2D eigenvalue weighted by molar-refractivity contribution is 5.88. The molecule has 5 nitrogen and oxygen atoms in total. The Bertz CT molecular complexity index is 1110. The van der Waals surface area contributed by atoms with Gasteiger partial charge in [-0.2, -0.15) is 0 Å². The average molecular weight is 459 g/mol. The summed E-state index contributed by atoms with van der Waals surface area (Å²) in [4.78, 5) is 19.5. The highest BCUT2D eigenvalue weighted by Gasteiger charge is 2.34. The molecular formula is C29H34N2O3. The second-order valence-electron chi connectivity index (χ2n) is 8.99. The molecule has 5 heteroatoms. The lowest BCUT2D eigenvalue weighted by atomic mass is 9.82. The third kappa shape index (κ3) is 6.03. The number of nitrogens with zero attached hydrogens (tertiary/aromatic N) is 2. The van der Waals surface area contributed by atoms with Crippen LogP contribution in [-0.2, 0) is 16.0 Å². The molecule has 2 aromatic carbocycles. The first-order chi connectivity index (χ1) is 16.7. The van der Waals surface area contributed by atoms with Gasteiger partial charge in [0.2, 0.25) is 0 Å². The third-order valence-corrected chi connectivity index (χ3v) is 6.85. The highest BCUT2D eigenvalue weighted by Crippen LogP contribution is 2.29. The van der Waals surface area contributed by atoms with Gasteiger partial charge in [-0.3, -0.25) is 9.78 Å². The number of esters is 1. The third-order valence-electron chi connectivity index (χ3n) is 6.85. The zero-order chi connectivity index (χ0) is 23.8. The van der Waals surface area contributed by atoms with Gasteiger partial charge in [0.25, 0.3) is 0 Å². The monoisotopic (exact) mass is 458 g/mol. The minimum absolute atomic E-state index is 0.0885. The summed E-state index contributed by atoms with van der Waals surface area (Å²) in [6.07, 6.45) is 10.2. The lowest BCUT2D eigenvalue weighted by molar-refractivity contribution is -0.149. The summed E-state index contributed by atoms with van der Waals surface area (Å²) in [7, 11) is 3.17. The molecule has 1 aliphatic heterocycles. The van der Waals surface area contributed by atoms with Crippen LogP contribution < -0.4 is 4.74 Å². The van der Waals surface area contributed by atoms with E-state index < -0.39 is 0 Å². The van der Waals surface area contributed by atoms with Crippen molar-refractivity contribution in [2.24, 2.45) is 11.8 Å². The Morgan fingerprint density at radius 3 is 2.79 bits per heavy atom. The van der Waals surface area contributed by atoms with Crippen molar-refractivity contribution in [1.29, 1.82) is 0 Å². The summed E-state index contributed by atoms with van der Waals surface area (Å²) >= 11 is 0. The number of hydrogen-bond acceptors (Lipinski definition) is 5. The lowest BCUT2D eigenvalue weighted by Gasteiger charge is -2.36. The number of methoxy groups -OCH3 is 2. The van der Waals surface area contributed by atoms with Crippen molar-refractivity contribution >= 4 is 22.9 Å². The maximum absolute atomic E-state index is 12.6. The van der Waals surface area contributed by atoms with Crippen molar-refractivity contribution in [3.63, 3.8) is 0 Å². The van der Waals surface area contributed by atoms with E-state index in [9.17, 15) is 4.79 Å². The predicted molar refractivity (Wildman–Crippen MR) is 137 cm³/mol. The zero-order valence-electron chi connectivity index (χ0n) is 20.2. The van der Waals surface area contributed by atoms with Gasteiger partial charge in [-0.05, 0) is 80.1 Å². The number of fused-ring (bicyclic) bond motifs is 1. The second-order valence-corrected chi connectivity index (χ2v) is 8.99. The van der Waals surface area contributed by atoms with Crippen LogP contribution in [0.2, 0.25) is 0 Å². The maximum atomic E-state index is 12.6. The molecule has 0 saturated carbocycles. The molecule has 0 amide bonds. The van der Waals surface area contributed by atoms with Crippen LogP contribution in [0, 0.1) is 11.8 Å². The number of carbonyl (C=O) groups excluding carboxylic acids is 1. The van der Waals surface area contributed by atoms with Crippen LogP contribution >= 0.6 is 0 Å². The van der Waals surface area contributed by atoms with Gasteiger partial charge in [0.05, 0.1) is 25.7 Å². The van der Waals surface area contributed by atoms with Crippen molar-refractivity contribution in [3.8, 4) is 5.75 Å². The standard InChI is InChI=1S/C29H34N2O3/c1-33-25-13-14-28-26(20-25)23(15-17-30-28)11-6-12-24-16-19-31(21-27(24)29(32)34-2)18-7-10-22-8-4-3-5-9-22/h3-6,8-9,11,13-15,17,20,24,27H,7,10,12,16,18-19,21H2,1-2H3/b11-6+/t24-,27+/m1/s1. The molecule has 2 atom stereocenters. The number of aryl methyl sites for hydroxylation is 1. The number of carbonyl (C=O) groups is 1. The fourth-order valence-corrected chi connectivity index (χ4v) is 4.91. The molecule has 0 bridgehead atoms. The Balaban J connectivity index is 1.37. The van der Waals surface area contributed by atoms with Crippen LogP contribution in [0.5, 0.6) is 5.75 Å². The summed E-state index contributed by atoms with van der Waals surface area (Å²) in [5.74, 6) is 0.928. The van der Waals surface area contributed by atoms with Crippen LogP contribution in [0.3, 0.4) is 0 Å². The number of ether oxygens (including phenoxy) is 2. The quantitative estimate of drug-likeness (QED) is 0.403. The molecule has 3 aromatic rings. The van der Waals surface area contributed by atoms with Crippen molar-refractivity contribution in [3.05, 3.63) is 78.0 Å². The first kappa shape index (κ1) is 24.0. The van der Waals surface area contributed by atoms with Crippen molar-refractivity contribution in [1.82, 2.24) is 9.88 Å². The SMILES string of the molecule is COC(=O)[C@H]1CN(CCCc2ccccc2)CC[C@H]1C/C=C/c1ccnc2ccc(OC)cc12. The van der Waals surface area contributed by atoms with E-state index in [0.29, 0.717) is 0 Å². The number of hydrogen-bond donors (Lipinski definition) is 0. The number of rotatable bonds is 9. The fraction of sp³-hybridized carbons (Fsp3) is 0.379. The van der Waals surface area contributed by atoms with Crippen LogP contribution in [-0.4, -0.2) is 49.7 Å².